The molecule has 36 heavy (non-hydrogen) atoms. The Hall–Kier alpha value is -3.91. The van der Waals surface area contributed by atoms with Crippen molar-refractivity contribution in [3.63, 3.8) is 0 Å². The molecule has 0 unspecified atom stereocenters. The summed E-state index contributed by atoms with van der Waals surface area (Å²) in [5.74, 6) is 0.684. The van der Waals surface area contributed by atoms with Gasteiger partial charge in [-0.15, -0.1) is 6.58 Å². The van der Waals surface area contributed by atoms with Crippen LogP contribution in [0.1, 0.15) is 25.0 Å². The number of fused-ring (bicyclic) bond motifs is 2. The summed E-state index contributed by atoms with van der Waals surface area (Å²) in [6.45, 7) is 9.01. The molecule has 182 valence electrons. The molecule has 1 aromatic heterocycles. The second-order valence-electron chi connectivity index (χ2n) is 8.86. The minimum absolute atomic E-state index is 0.0483. The lowest BCUT2D eigenvalue weighted by molar-refractivity contribution is -0.114. The number of amides is 1. The van der Waals surface area contributed by atoms with Crippen molar-refractivity contribution in [1.29, 1.82) is 5.41 Å². The molecule has 8 heteroatoms. The molecule has 0 atom stereocenters. The molecular formula is C28H27N5O2S. The van der Waals surface area contributed by atoms with Crippen molar-refractivity contribution >= 4 is 50.7 Å². The number of nitrogens with zero attached hydrogens (tertiary/aromatic N) is 4. The monoisotopic (exact) mass is 497 g/mol. The maximum absolute atomic E-state index is 12.9. The van der Waals surface area contributed by atoms with Gasteiger partial charge in [0.2, 0.25) is 5.17 Å². The number of rotatable bonds is 8. The molecule has 0 saturated heterocycles. The fourth-order valence-electron chi connectivity index (χ4n) is 4.19. The fourth-order valence-corrected chi connectivity index (χ4v) is 5.09. The van der Waals surface area contributed by atoms with Gasteiger partial charge in [0.1, 0.15) is 17.4 Å². The van der Waals surface area contributed by atoms with E-state index in [0.717, 1.165) is 39.2 Å². The highest BCUT2D eigenvalue weighted by Crippen LogP contribution is 2.32. The highest BCUT2D eigenvalue weighted by Gasteiger charge is 2.36. The Morgan fingerprint density at radius 3 is 2.75 bits per heavy atom. The second kappa shape index (κ2) is 9.99. The van der Waals surface area contributed by atoms with Gasteiger partial charge in [-0.3, -0.25) is 10.2 Å². The zero-order valence-corrected chi connectivity index (χ0v) is 21.1. The average Bonchev–Trinajstić information content (AvgIpc) is 3.45. The molecule has 0 bridgehead atoms. The Kier molecular flexibility index (Phi) is 6.61. The first-order chi connectivity index (χ1) is 17.5. The Bertz CT molecular complexity index is 1460. The standard InChI is InChI=1S/C28H27N5O2S/c1-4-9-19-10-5-8-13-24(19)35-15-14-32-17-20(21-11-6-7-12-23(21)32)16-22-25(29)33-28(30-26(22)34)36-27(31-33)18(2)3/h4-8,10-13,16-18,29H,1,9,14-15H2,2-3H3. The van der Waals surface area contributed by atoms with Gasteiger partial charge in [-0.1, -0.05) is 56.3 Å². The first kappa shape index (κ1) is 23.8. The summed E-state index contributed by atoms with van der Waals surface area (Å²) in [6, 6.07) is 16.0. The first-order valence-corrected chi connectivity index (χ1v) is 12.7. The van der Waals surface area contributed by atoms with Gasteiger partial charge in [-0.05, 0) is 42.0 Å². The van der Waals surface area contributed by atoms with Crippen LogP contribution in [-0.4, -0.2) is 38.1 Å². The predicted octanol–water partition coefficient (Wildman–Crippen LogP) is 5.72. The number of aromatic nitrogens is 1. The van der Waals surface area contributed by atoms with Gasteiger partial charge in [0.25, 0.3) is 5.91 Å². The molecule has 3 aromatic rings. The van der Waals surface area contributed by atoms with E-state index >= 15 is 0 Å². The van der Waals surface area contributed by atoms with Crippen molar-refractivity contribution in [3.05, 3.63) is 84.1 Å². The van der Waals surface area contributed by atoms with E-state index in [9.17, 15) is 4.79 Å². The van der Waals surface area contributed by atoms with E-state index in [1.54, 1.807) is 6.08 Å². The summed E-state index contributed by atoms with van der Waals surface area (Å²) >= 11 is 1.35. The molecule has 0 saturated carbocycles. The van der Waals surface area contributed by atoms with Gasteiger partial charge in [0.15, 0.2) is 5.84 Å². The molecule has 0 radical (unpaired) electrons. The summed E-state index contributed by atoms with van der Waals surface area (Å²) in [7, 11) is 0. The van der Waals surface area contributed by atoms with Crippen LogP contribution in [-0.2, 0) is 17.8 Å². The summed E-state index contributed by atoms with van der Waals surface area (Å²) in [5.41, 5.74) is 3.21. The summed E-state index contributed by atoms with van der Waals surface area (Å²) in [6.07, 6.45) is 6.37. The Balaban J connectivity index is 1.41. The van der Waals surface area contributed by atoms with Crippen molar-refractivity contribution in [1.82, 2.24) is 9.58 Å². The lowest BCUT2D eigenvalue weighted by atomic mass is 10.1. The number of para-hydroxylation sites is 2. The van der Waals surface area contributed by atoms with Crippen molar-refractivity contribution in [3.8, 4) is 5.75 Å². The van der Waals surface area contributed by atoms with Crippen LogP contribution in [0, 0.1) is 11.3 Å². The van der Waals surface area contributed by atoms with Crippen LogP contribution in [0.5, 0.6) is 5.75 Å². The van der Waals surface area contributed by atoms with E-state index in [4.69, 9.17) is 10.1 Å². The number of carbonyl (C=O) groups excluding carboxylic acids is 1. The van der Waals surface area contributed by atoms with E-state index in [0.29, 0.717) is 18.3 Å². The Labute approximate surface area is 214 Å². The average molecular weight is 498 g/mol. The Morgan fingerprint density at radius 1 is 1.17 bits per heavy atom. The van der Waals surface area contributed by atoms with Crippen LogP contribution in [0.4, 0.5) is 0 Å². The third kappa shape index (κ3) is 4.52. The van der Waals surface area contributed by atoms with E-state index in [1.807, 2.05) is 74.7 Å². The maximum atomic E-state index is 12.9. The quantitative estimate of drug-likeness (QED) is 0.319. The predicted molar refractivity (Wildman–Crippen MR) is 148 cm³/mol. The van der Waals surface area contributed by atoms with E-state index in [1.165, 1.54) is 16.8 Å². The largest absolute Gasteiger partial charge is 0.491 e. The van der Waals surface area contributed by atoms with Gasteiger partial charge in [-0.2, -0.15) is 15.1 Å². The van der Waals surface area contributed by atoms with Crippen LogP contribution < -0.4 is 4.74 Å². The third-order valence-corrected chi connectivity index (χ3v) is 7.22. The lowest BCUT2D eigenvalue weighted by Crippen LogP contribution is -2.35. The van der Waals surface area contributed by atoms with Crippen LogP contribution >= 0.6 is 11.8 Å². The number of allylic oxidation sites excluding steroid dienone is 1. The molecule has 3 heterocycles. The van der Waals surface area contributed by atoms with Gasteiger partial charge in [-0.25, -0.2) is 0 Å². The number of thioether (sulfide) groups is 1. The summed E-state index contributed by atoms with van der Waals surface area (Å²) in [5, 5.41) is 16.9. The normalized spacial score (nSPS) is 16.5. The van der Waals surface area contributed by atoms with Crippen molar-refractivity contribution in [2.45, 2.75) is 26.8 Å². The number of hydrogen-bond donors (Lipinski definition) is 1. The molecule has 1 N–H and O–H groups in total. The van der Waals surface area contributed by atoms with Crippen LogP contribution in [0.2, 0.25) is 0 Å². The van der Waals surface area contributed by atoms with E-state index in [-0.39, 0.29) is 17.3 Å². The first-order valence-electron chi connectivity index (χ1n) is 11.9. The molecule has 2 aliphatic rings. The van der Waals surface area contributed by atoms with Crippen molar-refractivity contribution in [2.24, 2.45) is 16.0 Å². The van der Waals surface area contributed by atoms with Crippen molar-refractivity contribution < 1.29 is 9.53 Å². The molecule has 2 aromatic carbocycles. The molecule has 5 rings (SSSR count). The number of nitrogens with one attached hydrogen (secondary N) is 1. The highest BCUT2D eigenvalue weighted by atomic mass is 32.2. The summed E-state index contributed by atoms with van der Waals surface area (Å²) < 4.78 is 8.21. The van der Waals surface area contributed by atoms with Crippen LogP contribution in [0.15, 0.2) is 83.0 Å². The zero-order chi connectivity index (χ0) is 25.2. The van der Waals surface area contributed by atoms with E-state index < -0.39 is 5.91 Å². The van der Waals surface area contributed by atoms with E-state index in [2.05, 4.69) is 21.2 Å². The molecule has 7 nitrogen and oxygen atoms in total. The maximum Gasteiger partial charge on any atom is 0.283 e. The topological polar surface area (TPSA) is 83.0 Å². The number of benzene rings is 2. The van der Waals surface area contributed by atoms with Gasteiger partial charge >= 0.3 is 0 Å². The Morgan fingerprint density at radius 2 is 1.94 bits per heavy atom. The SMILES string of the molecule is C=CCc1ccccc1OCCn1cc(C=C2C(=N)N3N=C(C(C)C)SC3=NC2=O)c2ccccc21. The fraction of sp³-hybridized carbons (Fsp3) is 0.214. The molecule has 0 aliphatic carbocycles. The van der Waals surface area contributed by atoms with Crippen molar-refractivity contribution in [2.75, 3.05) is 6.61 Å². The number of carbonyl (C=O) groups is 1. The van der Waals surface area contributed by atoms with Gasteiger partial charge in [0, 0.05) is 28.6 Å². The second-order valence-corrected chi connectivity index (χ2v) is 9.84. The van der Waals surface area contributed by atoms with Crippen LogP contribution in [0.25, 0.3) is 17.0 Å². The molecular weight excluding hydrogens is 470 g/mol. The summed E-state index contributed by atoms with van der Waals surface area (Å²) in [4.78, 5) is 17.1. The minimum atomic E-state index is -0.419. The number of aliphatic imine (C=N–C) groups is 1. The number of hydrogen-bond acceptors (Lipinski definition) is 5. The third-order valence-electron chi connectivity index (χ3n) is 6.01. The molecule has 0 spiro atoms. The molecule has 0 fully saturated rings. The number of ether oxygens (including phenoxy) is 1. The zero-order valence-electron chi connectivity index (χ0n) is 20.3. The number of hydrazone groups is 1. The molecule has 1 amide bonds. The lowest BCUT2D eigenvalue weighted by Gasteiger charge is -2.20. The number of amidine groups is 2. The van der Waals surface area contributed by atoms with Gasteiger partial charge in [0.05, 0.1) is 12.1 Å². The van der Waals surface area contributed by atoms with Crippen LogP contribution in [0.3, 0.4) is 0 Å². The molecule has 2 aliphatic heterocycles. The smallest absolute Gasteiger partial charge is 0.283 e. The minimum Gasteiger partial charge on any atom is -0.491 e. The van der Waals surface area contributed by atoms with Gasteiger partial charge < -0.3 is 9.30 Å². The highest BCUT2D eigenvalue weighted by molar-refractivity contribution is 8.27.